The lowest BCUT2D eigenvalue weighted by molar-refractivity contribution is -0.163. The zero-order chi connectivity index (χ0) is 20.6. The number of esters is 2. The Bertz CT molecular complexity index is 421. The van der Waals surface area contributed by atoms with E-state index in [0.717, 1.165) is 51.4 Å². The second-order valence-electron chi connectivity index (χ2n) is 8.48. The van der Waals surface area contributed by atoms with Crippen LogP contribution in [0.5, 0.6) is 0 Å². The van der Waals surface area contributed by atoms with E-state index in [1.807, 2.05) is 0 Å². The third kappa shape index (κ3) is 9.93. The minimum Gasteiger partial charge on any atom is -0.465 e. The average molecular weight is 397 g/mol. The van der Waals surface area contributed by atoms with Crippen LogP contribution in [0.1, 0.15) is 111 Å². The van der Waals surface area contributed by atoms with Gasteiger partial charge < -0.3 is 9.47 Å². The molecular formula is C24H44O4. The van der Waals surface area contributed by atoms with Gasteiger partial charge in [-0.15, -0.1) is 0 Å². The largest absolute Gasteiger partial charge is 0.465 e. The van der Waals surface area contributed by atoms with Gasteiger partial charge in [-0.1, -0.05) is 85.0 Å². The molecule has 0 radical (unpaired) electrons. The number of carbonyl (C=O) groups is 2. The minimum absolute atomic E-state index is 0.184. The third-order valence-corrected chi connectivity index (χ3v) is 6.12. The van der Waals surface area contributed by atoms with Crippen LogP contribution in [-0.2, 0) is 19.1 Å². The molecule has 0 aromatic heterocycles. The van der Waals surface area contributed by atoms with Crippen LogP contribution < -0.4 is 0 Å². The molecule has 0 bridgehead atoms. The van der Waals surface area contributed by atoms with Crippen LogP contribution in [0.2, 0.25) is 0 Å². The molecule has 28 heavy (non-hydrogen) atoms. The highest BCUT2D eigenvalue weighted by atomic mass is 16.5. The molecule has 0 aliphatic heterocycles. The van der Waals surface area contributed by atoms with Crippen LogP contribution >= 0.6 is 0 Å². The molecule has 1 saturated carbocycles. The molecule has 0 amide bonds. The smallest absolute Gasteiger partial charge is 0.309 e. The van der Waals surface area contributed by atoms with Gasteiger partial charge in [0.05, 0.1) is 25.0 Å². The highest BCUT2D eigenvalue weighted by Crippen LogP contribution is 2.32. The maximum absolute atomic E-state index is 12.7. The summed E-state index contributed by atoms with van der Waals surface area (Å²) < 4.78 is 11.2. The van der Waals surface area contributed by atoms with Crippen LogP contribution in [0.25, 0.3) is 0 Å². The van der Waals surface area contributed by atoms with Crippen molar-refractivity contribution in [2.45, 2.75) is 111 Å². The first-order valence-electron chi connectivity index (χ1n) is 12.0. The predicted octanol–water partition coefficient (Wildman–Crippen LogP) is 6.46. The zero-order valence-corrected chi connectivity index (χ0v) is 18.7. The number of carbonyl (C=O) groups excluding carboxylic acids is 2. The van der Waals surface area contributed by atoms with Gasteiger partial charge in [0.25, 0.3) is 0 Å². The van der Waals surface area contributed by atoms with Gasteiger partial charge in [-0.05, 0) is 31.6 Å². The van der Waals surface area contributed by atoms with Gasteiger partial charge in [0.2, 0.25) is 0 Å². The highest BCUT2D eigenvalue weighted by Gasteiger charge is 2.38. The van der Waals surface area contributed by atoms with Crippen molar-refractivity contribution >= 4 is 11.9 Å². The summed E-state index contributed by atoms with van der Waals surface area (Å²) in [5.74, 6) is -0.554. The van der Waals surface area contributed by atoms with Crippen LogP contribution in [0.3, 0.4) is 0 Å². The molecule has 4 heteroatoms. The summed E-state index contributed by atoms with van der Waals surface area (Å²) >= 11 is 0. The monoisotopic (exact) mass is 396 g/mol. The molecule has 0 N–H and O–H groups in total. The third-order valence-electron chi connectivity index (χ3n) is 6.12. The Morgan fingerprint density at radius 2 is 1.36 bits per heavy atom. The summed E-state index contributed by atoms with van der Waals surface area (Å²) in [7, 11) is 0. The number of unbranched alkanes of at least 4 members (excludes halogenated alkanes) is 6. The van der Waals surface area contributed by atoms with Crippen molar-refractivity contribution in [3.8, 4) is 0 Å². The van der Waals surface area contributed by atoms with Crippen LogP contribution in [0.15, 0.2) is 0 Å². The predicted molar refractivity (Wildman–Crippen MR) is 114 cm³/mol. The fraction of sp³-hybridized carbons (Fsp3) is 0.917. The molecule has 0 aromatic carbocycles. The number of rotatable bonds is 15. The molecule has 1 rings (SSSR count). The summed E-state index contributed by atoms with van der Waals surface area (Å²) in [6, 6.07) is 0. The molecular weight excluding hydrogens is 352 g/mol. The number of hydrogen-bond acceptors (Lipinski definition) is 4. The molecule has 4 nitrogen and oxygen atoms in total. The highest BCUT2D eigenvalue weighted by molar-refractivity contribution is 5.82. The lowest BCUT2D eigenvalue weighted by Gasteiger charge is -2.29. The van der Waals surface area contributed by atoms with Crippen molar-refractivity contribution in [1.82, 2.24) is 0 Å². The maximum atomic E-state index is 12.7. The fourth-order valence-electron chi connectivity index (χ4n) is 4.06. The van der Waals surface area contributed by atoms with Gasteiger partial charge in [-0.2, -0.15) is 0 Å². The Morgan fingerprint density at radius 1 is 0.786 bits per heavy atom. The van der Waals surface area contributed by atoms with Crippen molar-refractivity contribution in [2.24, 2.45) is 17.8 Å². The van der Waals surface area contributed by atoms with Crippen molar-refractivity contribution < 1.29 is 19.1 Å². The Kier molecular flexibility index (Phi) is 14.1. The fourth-order valence-corrected chi connectivity index (χ4v) is 4.06. The summed E-state index contributed by atoms with van der Waals surface area (Å²) in [6.45, 7) is 7.52. The Balaban J connectivity index is 2.38. The quantitative estimate of drug-likeness (QED) is 0.235. The van der Waals surface area contributed by atoms with E-state index >= 15 is 0 Å². The topological polar surface area (TPSA) is 52.6 Å². The molecule has 1 aliphatic carbocycles. The molecule has 0 spiro atoms. The minimum atomic E-state index is -0.311. The van der Waals surface area contributed by atoms with E-state index in [4.69, 9.17) is 9.47 Å². The number of ether oxygens (including phenoxy) is 2. The first-order chi connectivity index (χ1) is 13.6. The molecule has 3 atom stereocenters. The van der Waals surface area contributed by atoms with Gasteiger partial charge in [0.15, 0.2) is 0 Å². The van der Waals surface area contributed by atoms with E-state index in [2.05, 4.69) is 20.8 Å². The lowest BCUT2D eigenvalue weighted by Crippen LogP contribution is -2.35. The van der Waals surface area contributed by atoms with Gasteiger partial charge in [-0.25, -0.2) is 0 Å². The van der Waals surface area contributed by atoms with Crippen LogP contribution in [-0.4, -0.2) is 25.2 Å². The SMILES string of the molecule is CCCCCCCCOC(=O)C1CCCCC1C(=O)OCC(CC)CCCC. The summed E-state index contributed by atoms with van der Waals surface area (Å²) in [4.78, 5) is 25.2. The molecule has 0 saturated heterocycles. The van der Waals surface area contributed by atoms with Crippen LogP contribution in [0, 0.1) is 17.8 Å². The van der Waals surface area contributed by atoms with Crippen molar-refractivity contribution in [3.63, 3.8) is 0 Å². The van der Waals surface area contributed by atoms with E-state index in [-0.39, 0.29) is 23.8 Å². The van der Waals surface area contributed by atoms with Crippen molar-refractivity contribution in [1.29, 1.82) is 0 Å². The Labute approximate surface area is 173 Å². The molecule has 0 aromatic rings. The Hall–Kier alpha value is -1.06. The second kappa shape index (κ2) is 15.8. The number of hydrogen-bond donors (Lipinski definition) is 0. The van der Waals surface area contributed by atoms with Gasteiger partial charge >= 0.3 is 11.9 Å². The molecule has 3 unspecified atom stereocenters. The van der Waals surface area contributed by atoms with Crippen molar-refractivity contribution in [2.75, 3.05) is 13.2 Å². The Morgan fingerprint density at radius 3 is 1.96 bits per heavy atom. The molecule has 1 aliphatic rings. The second-order valence-corrected chi connectivity index (χ2v) is 8.48. The standard InChI is InChI=1S/C24H44O4/c1-4-7-9-10-11-14-18-27-23(25)21-16-12-13-17-22(21)24(26)28-19-20(6-3)15-8-5-2/h20-22H,4-19H2,1-3H3. The molecule has 164 valence electrons. The lowest BCUT2D eigenvalue weighted by atomic mass is 9.79. The van der Waals surface area contributed by atoms with Gasteiger partial charge in [0, 0.05) is 0 Å². The van der Waals surface area contributed by atoms with E-state index in [9.17, 15) is 9.59 Å². The van der Waals surface area contributed by atoms with E-state index in [0.29, 0.717) is 19.1 Å². The first kappa shape index (κ1) is 25.0. The summed E-state index contributed by atoms with van der Waals surface area (Å²) in [5.41, 5.74) is 0. The average Bonchev–Trinajstić information content (AvgIpc) is 2.72. The normalized spacial score (nSPS) is 20.5. The van der Waals surface area contributed by atoms with Crippen LogP contribution in [0.4, 0.5) is 0 Å². The van der Waals surface area contributed by atoms with E-state index in [1.54, 1.807) is 0 Å². The summed E-state index contributed by atoms with van der Waals surface area (Å²) in [5, 5.41) is 0. The maximum Gasteiger partial charge on any atom is 0.309 e. The van der Waals surface area contributed by atoms with Gasteiger partial charge in [-0.3, -0.25) is 9.59 Å². The van der Waals surface area contributed by atoms with E-state index < -0.39 is 0 Å². The van der Waals surface area contributed by atoms with Crippen molar-refractivity contribution in [3.05, 3.63) is 0 Å². The van der Waals surface area contributed by atoms with E-state index in [1.165, 1.54) is 38.5 Å². The summed E-state index contributed by atoms with van der Waals surface area (Å²) in [6.07, 6.45) is 15.0. The molecule has 1 fully saturated rings. The molecule has 0 heterocycles. The zero-order valence-electron chi connectivity index (χ0n) is 18.7. The first-order valence-corrected chi connectivity index (χ1v) is 12.0. The van der Waals surface area contributed by atoms with Gasteiger partial charge in [0.1, 0.15) is 0 Å².